The molecule has 0 radical (unpaired) electrons. The Balaban J connectivity index is 2.83. The second-order valence-electron chi connectivity index (χ2n) is 1.88. The Hall–Kier alpha value is -0.450. The van der Waals surface area contributed by atoms with E-state index in [4.69, 9.17) is 7.80 Å². The van der Waals surface area contributed by atoms with E-state index in [1.54, 1.807) is 7.11 Å². The Labute approximate surface area is 77.3 Å². The predicted octanol–water partition coefficient (Wildman–Crippen LogP) is -1.29. The topological polar surface area (TPSA) is 18.5 Å². The first-order valence-electron chi connectivity index (χ1n) is 3.18. The summed E-state index contributed by atoms with van der Waals surface area (Å²) < 4.78 is 10.5. The van der Waals surface area contributed by atoms with Gasteiger partial charge in [0.1, 0.15) is 0 Å². The van der Waals surface area contributed by atoms with E-state index in [1.165, 1.54) is 0 Å². The third-order valence-corrected chi connectivity index (χ3v) is 2.14. The third-order valence-electron chi connectivity index (χ3n) is 1.23. The first-order valence-corrected chi connectivity index (χ1v) is 6.21. The van der Waals surface area contributed by atoms with Crippen LogP contribution in [0.1, 0.15) is 0 Å². The molecule has 11 heavy (non-hydrogen) atoms. The molecule has 0 atom stereocenters. The summed E-state index contributed by atoms with van der Waals surface area (Å²) in [4.78, 5) is 2.06. The van der Waals surface area contributed by atoms with Crippen molar-refractivity contribution < 1.29 is 29.4 Å². The zero-order valence-corrected chi connectivity index (χ0v) is 8.66. The van der Waals surface area contributed by atoms with E-state index in [1.807, 2.05) is 24.3 Å². The molecule has 1 aromatic rings. The van der Waals surface area contributed by atoms with E-state index >= 15 is 0 Å². The van der Waals surface area contributed by atoms with Crippen molar-refractivity contribution >= 4 is 0 Å². The van der Waals surface area contributed by atoms with Gasteiger partial charge < -0.3 is 0 Å². The minimum absolute atomic E-state index is 0.174. The first kappa shape index (κ1) is 8.64. The summed E-state index contributed by atoms with van der Waals surface area (Å²) in [5, 5.41) is 0. The van der Waals surface area contributed by atoms with Crippen LogP contribution in [0.15, 0.2) is 24.3 Å². The monoisotopic (exact) mass is 265 g/mol. The molecule has 1 rings (SSSR count). The molecule has 0 saturated carbocycles. The maximum atomic E-state index is 5.41. The number of hydrogen-bond donors (Lipinski definition) is 0. The molecule has 0 bridgehead atoms. The van der Waals surface area contributed by atoms with E-state index in [0.29, 0.717) is 0 Å². The molecule has 2 nitrogen and oxygen atoms in total. The molecule has 0 aliphatic carbocycles. The molecule has 3 heteroatoms. The van der Waals surface area contributed by atoms with Gasteiger partial charge >= 0.3 is 77.2 Å². The van der Waals surface area contributed by atoms with Crippen molar-refractivity contribution in [3.05, 3.63) is 24.3 Å². The van der Waals surface area contributed by atoms with Crippen molar-refractivity contribution in [2.24, 2.45) is 0 Å². The summed E-state index contributed by atoms with van der Waals surface area (Å²) in [5.74, 6) is 1.67. The van der Waals surface area contributed by atoms with Crippen LogP contribution in [-0.2, 0) is 0 Å². The average molecular weight is 265 g/mol. The van der Waals surface area contributed by atoms with E-state index in [2.05, 4.69) is 4.93 Å². The molecular formula is C8H10IO2-. The Morgan fingerprint density at radius 1 is 1.18 bits per heavy atom. The fourth-order valence-electron chi connectivity index (χ4n) is 0.766. The number of ether oxygens (including phenoxy) is 1. The van der Waals surface area contributed by atoms with Gasteiger partial charge in [0.25, 0.3) is 0 Å². The number of methoxy groups -OCH3 is 1. The van der Waals surface area contributed by atoms with Crippen molar-refractivity contribution in [1.82, 2.24) is 0 Å². The second kappa shape index (κ2) is 4.43. The number of halogens is 1. The van der Waals surface area contributed by atoms with Crippen molar-refractivity contribution in [2.45, 2.75) is 0 Å². The van der Waals surface area contributed by atoms with Crippen molar-refractivity contribution in [3.8, 4) is 11.5 Å². The van der Waals surface area contributed by atoms with Crippen LogP contribution >= 0.6 is 0 Å². The van der Waals surface area contributed by atoms with Crippen LogP contribution in [0.25, 0.3) is 0 Å². The van der Waals surface area contributed by atoms with Gasteiger partial charge in [-0.25, -0.2) is 0 Å². The molecule has 0 heterocycles. The zero-order chi connectivity index (χ0) is 8.10. The maximum absolute atomic E-state index is 5.41. The Kier molecular flexibility index (Phi) is 3.48. The van der Waals surface area contributed by atoms with Crippen LogP contribution in [0.3, 0.4) is 0 Å². The zero-order valence-electron chi connectivity index (χ0n) is 6.50. The molecule has 62 valence electrons. The van der Waals surface area contributed by atoms with Gasteiger partial charge in [-0.05, 0) is 0 Å². The quantitative estimate of drug-likeness (QED) is 0.500. The van der Waals surface area contributed by atoms with Crippen molar-refractivity contribution in [2.75, 3.05) is 12.0 Å². The summed E-state index contributed by atoms with van der Waals surface area (Å²) in [6, 6.07) is 7.69. The molecule has 0 unspecified atom stereocenters. The number of hydrogen-bond acceptors (Lipinski definition) is 2. The summed E-state index contributed by atoms with van der Waals surface area (Å²) in [7, 11) is 1.65. The molecular weight excluding hydrogens is 255 g/mol. The van der Waals surface area contributed by atoms with Gasteiger partial charge in [0, 0.05) is 0 Å². The molecule has 0 fully saturated rings. The molecule has 0 aromatic heterocycles. The number of para-hydroxylation sites is 2. The number of benzene rings is 1. The van der Waals surface area contributed by atoms with E-state index < -0.39 is 0 Å². The van der Waals surface area contributed by atoms with Gasteiger partial charge in [-0.1, -0.05) is 0 Å². The number of rotatable bonds is 3. The molecule has 0 spiro atoms. The van der Waals surface area contributed by atoms with Crippen LogP contribution in [0.5, 0.6) is 11.5 Å². The van der Waals surface area contributed by atoms with Crippen LogP contribution in [-0.4, -0.2) is 12.0 Å². The fraction of sp³-hybridized carbons (Fsp3) is 0.250. The molecule has 0 aliphatic rings. The van der Waals surface area contributed by atoms with Crippen molar-refractivity contribution in [1.29, 1.82) is 0 Å². The van der Waals surface area contributed by atoms with Gasteiger partial charge in [-0.15, -0.1) is 0 Å². The molecule has 0 amide bonds. The molecule has 0 N–H and O–H groups in total. The summed E-state index contributed by atoms with van der Waals surface area (Å²) in [6.45, 7) is 0. The minimum atomic E-state index is -0.174. The van der Waals surface area contributed by atoms with Crippen molar-refractivity contribution in [3.63, 3.8) is 0 Å². The standard InChI is InChI=1S/C8H10IO2/c1-9-11-8-6-4-3-5-7(8)10-2/h3-6H,1-2H3/q-1. The van der Waals surface area contributed by atoms with Gasteiger partial charge in [0.2, 0.25) is 0 Å². The molecule has 0 aliphatic heterocycles. The summed E-state index contributed by atoms with van der Waals surface area (Å²) in [5.41, 5.74) is 0. The Bertz CT molecular complexity index is 225. The summed E-state index contributed by atoms with van der Waals surface area (Å²) >= 11 is -0.174. The number of alkyl halides is 1. The SMILES string of the molecule is COc1ccccc1O[I-]C. The third kappa shape index (κ3) is 2.25. The van der Waals surface area contributed by atoms with E-state index in [-0.39, 0.29) is 21.6 Å². The van der Waals surface area contributed by atoms with Gasteiger partial charge in [0.05, 0.1) is 0 Å². The van der Waals surface area contributed by atoms with E-state index in [0.717, 1.165) is 11.5 Å². The predicted molar refractivity (Wildman–Crippen MR) is 39.5 cm³/mol. The molecule has 1 aromatic carbocycles. The van der Waals surface area contributed by atoms with Crippen LogP contribution in [0, 0.1) is 0 Å². The van der Waals surface area contributed by atoms with Gasteiger partial charge in [-0.3, -0.25) is 0 Å². The van der Waals surface area contributed by atoms with E-state index in [9.17, 15) is 0 Å². The van der Waals surface area contributed by atoms with Gasteiger partial charge in [-0.2, -0.15) is 0 Å². The first-order chi connectivity index (χ1) is 5.38. The van der Waals surface area contributed by atoms with Gasteiger partial charge in [0.15, 0.2) is 0 Å². The summed E-state index contributed by atoms with van der Waals surface area (Å²) in [6.07, 6.45) is 0. The normalized spacial score (nSPS) is 9.64. The second-order valence-corrected chi connectivity index (χ2v) is 3.20. The van der Waals surface area contributed by atoms with Crippen LogP contribution in [0.4, 0.5) is 0 Å². The Morgan fingerprint density at radius 3 is 2.36 bits per heavy atom. The van der Waals surface area contributed by atoms with Crippen LogP contribution < -0.4 is 29.4 Å². The average Bonchev–Trinajstić information content (AvgIpc) is 2.06. The molecule has 0 saturated heterocycles. The van der Waals surface area contributed by atoms with Crippen LogP contribution in [0.2, 0.25) is 0 Å². The fourth-order valence-corrected chi connectivity index (χ4v) is 1.60. The Morgan fingerprint density at radius 2 is 1.82 bits per heavy atom.